The number of carbonyl (C=O) groups is 1. The fraction of sp³-hybridized carbons (Fsp3) is 0.278. The maximum Gasteiger partial charge on any atom is 0.416 e. The first-order chi connectivity index (χ1) is 13.3. The normalized spacial score (nSPS) is 13.9. The minimum atomic E-state index is -4.52. The second-order valence-electron chi connectivity index (χ2n) is 6.15. The summed E-state index contributed by atoms with van der Waals surface area (Å²) in [7, 11) is 0. The minimum absolute atomic E-state index is 0.0215. The quantitative estimate of drug-likeness (QED) is 0.508. The standard InChI is InChI=1S/C18H14BrF3N4O2/c19-12-4-6-16(27)13(10-12)17(28)24-25-23-14-9-11(18(20,21)22)3-5-15(14)26-7-1-2-8-26/h3-6,9-10H,1-2,7-8H2/p+1. The number of hydrogen-bond acceptors (Lipinski definition) is 4. The molecule has 1 fully saturated rings. The lowest BCUT2D eigenvalue weighted by molar-refractivity contribution is -0.137. The Hall–Kier alpha value is -2.71. The van der Waals surface area contributed by atoms with Crippen LogP contribution in [0.2, 0.25) is 0 Å². The molecule has 28 heavy (non-hydrogen) atoms. The van der Waals surface area contributed by atoms with Crippen molar-refractivity contribution >= 4 is 33.2 Å². The number of benzene rings is 2. The minimum Gasteiger partial charge on any atom is -0.507 e. The van der Waals surface area contributed by atoms with Gasteiger partial charge in [-0.2, -0.15) is 13.2 Å². The molecule has 0 aliphatic carbocycles. The van der Waals surface area contributed by atoms with Gasteiger partial charge >= 0.3 is 12.1 Å². The molecule has 1 aliphatic heterocycles. The van der Waals surface area contributed by atoms with Crippen molar-refractivity contribution in [1.29, 1.82) is 0 Å². The lowest BCUT2D eigenvalue weighted by Crippen LogP contribution is -2.18. The number of alkyl halides is 3. The van der Waals surface area contributed by atoms with Gasteiger partial charge in [0.2, 0.25) is 10.0 Å². The van der Waals surface area contributed by atoms with Crippen LogP contribution < -0.4 is 9.81 Å². The fourth-order valence-corrected chi connectivity index (χ4v) is 3.21. The van der Waals surface area contributed by atoms with Crippen molar-refractivity contribution in [1.82, 2.24) is 4.91 Å². The van der Waals surface area contributed by atoms with E-state index in [4.69, 9.17) is 0 Å². The van der Waals surface area contributed by atoms with Crippen molar-refractivity contribution in [3.05, 3.63) is 52.0 Å². The van der Waals surface area contributed by atoms with E-state index in [2.05, 4.69) is 31.1 Å². The first kappa shape index (κ1) is 20.0. The number of phenolic OH excluding ortho intramolecular Hbond substituents is 1. The Bertz CT molecular complexity index is 966. The molecule has 3 rings (SSSR count). The van der Waals surface area contributed by atoms with Crippen LogP contribution in [0.15, 0.2) is 51.1 Å². The molecule has 2 aromatic carbocycles. The summed E-state index contributed by atoms with van der Waals surface area (Å²) in [6.07, 6.45) is -2.66. The molecule has 0 radical (unpaired) electrons. The van der Waals surface area contributed by atoms with E-state index in [0.717, 1.165) is 25.0 Å². The van der Waals surface area contributed by atoms with Gasteiger partial charge in [-0.1, -0.05) is 15.9 Å². The van der Waals surface area contributed by atoms with Crippen LogP contribution in [0.25, 0.3) is 0 Å². The van der Waals surface area contributed by atoms with E-state index in [0.29, 0.717) is 23.2 Å². The summed E-state index contributed by atoms with van der Waals surface area (Å²) >= 11 is 3.17. The van der Waals surface area contributed by atoms with Gasteiger partial charge in [0, 0.05) is 17.6 Å². The van der Waals surface area contributed by atoms with Crippen molar-refractivity contribution in [2.45, 2.75) is 19.0 Å². The fourth-order valence-electron chi connectivity index (χ4n) is 2.85. The summed E-state index contributed by atoms with van der Waals surface area (Å²) in [5, 5.41) is 16.9. The Morgan fingerprint density at radius 2 is 1.86 bits per heavy atom. The Morgan fingerprint density at radius 1 is 1.14 bits per heavy atom. The topological polar surface area (TPSA) is 79.4 Å². The highest BCUT2D eigenvalue weighted by atomic mass is 79.9. The van der Waals surface area contributed by atoms with E-state index in [-0.39, 0.29) is 17.0 Å². The zero-order valence-corrected chi connectivity index (χ0v) is 16.0. The second-order valence-corrected chi connectivity index (χ2v) is 7.07. The van der Waals surface area contributed by atoms with E-state index < -0.39 is 17.6 Å². The SMILES string of the molecule is O=C(N=[N+]=Nc1cc(C(F)(F)F)ccc1N1CCCC1)c1cc(Br)ccc1O. The molecule has 146 valence electrons. The summed E-state index contributed by atoms with van der Waals surface area (Å²) in [6, 6.07) is 7.43. The van der Waals surface area contributed by atoms with E-state index in [1.807, 2.05) is 4.90 Å². The van der Waals surface area contributed by atoms with Crippen LogP contribution in [0, 0.1) is 0 Å². The molecule has 0 atom stereocenters. The van der Waals surface area contributed by atoms with Crippen LogP contribution in [-0.2, 0) is 6.18 Å². The largest absolute Gasteiger partial charge is 0.507 e. The van der Waals surface area contributed by atoms with Gasteiger partial charge in [0.1, 0.15) is 5.75 Å². The van der Waals surface area contributed by atoms with Crippen LogP contribution in [-0.4, -0.2) is 24.1 Å². The summed E-state index contributed by atoms with van der Waals surface area (Å²) in [4.78, 5) is 17.4. The smallest absolute Gasteiger partial charge is 0.416 e. The zero-order valence-electron chi connectivity index (χ0n) is 14.4. The molecule has 0 unspecified atom stereocenters. The molecule has 6 nitrogen and oxygen atoms in total. The molecule has 10 heteroatoms. The van der Waals surface area contributed by atoms with Crippen LogP contribution in [0.4, 0.5) is 24.5 Å². The lowest BCUT2D eigenvalue weighted by Gasteiger charge is -2.18. The zero-order chi connectivity index (χ0) is 20.3. The second kappa shape index (κ2) is 8.12. The van der Waals surface area contributed by atoms with E-state index in [9.17, 15) is 23.1 Å². The van der Waals surface area contributed by atoms with Gasteiger partial charge in [0.25, 0.3) is 0 Å². The Morgan fingerprint density at radius 3 is 2.54 bits per heavy atom. The van der Waals surface area contributed by atoms with Crippen molar-refractivity contribution in [3.63, 3.8) is 0 Å². The third kappa shape index (κ3) is 4.58. The van der Waals surface area contributed by atoms with Crippen LogP contribution >= 0.6 is 15.9 Å². The van der Waals surface area contributed by atoms with E-state index in [1.165, 1.54) is 18.2 Å². The van der Waals surface area contributed by atoms with E-state index >= 15 is 0 Å². The molecule has 0 bridgehead atoms. The molecule has 1 N–H and O–H groups in total. The molecule has 0 aromatic heterocycles. The molecular weight excluding hydrogens is 441 g/mol. The predicted molar refractivity (Wildman–Crippen MR) is 99.7 cm³/mol. The van der Waals surface area contributed by atoms with Gasteiger partial charge < -0.3 is 10.0 Å². The number of anilines is 1. The summed E-state index contributed by atoms with van der Waals surface area (Å²) in [6.45, 7) is 1.41. The summed E-state index contributed by atoms with van der Waals surface area (Å²) < 4.78 is 39.7. The number of amides is 1. The van der Waals surface area contributed by atoms with Gasteiger partial charge in [-0.05, 0) is 49.2 Å². The summed E-state index contributed by atoms with van der Waals surface area (Å²) in [5.41, 5.74) is -0.480. The number of aromatic hydroxyl groups is 1. The third-order valence-electron chi connectivity index (χ3n) is 4.23. The average Bonchev–Trinajstić information content (AvgIpc) is 3.17. The van der Waals surface area contributed by atoms with Crippen molar-refractivity contribution < 1.29 is 23.1 Å². The molecule has 0 saturated carbocycles. The Labute approximate surface area is 166 Å². The monoisotopic (exact) mass is 455 g/mol. The maximum atomic E-state index is 13.0. The Kier molecular flexibility index (Phi) is 5.81. The molecule has 1 amide bonds. The van der Waals surface area contributed by atoms with Crippen LogP contribution in [0.1, 0.15) is 28.8 Å². The highest BCUT2D eigenvalue weighted by Crippen LogP contribution is 2.37. The number of hydrogen-bond donors (Lipinski definition) is 1. The molecule has 1 heterocycles. The molecule has 1 saturated heterocycles. The van der Waals surface area contributed by atoms with Gasteiger partial charge in [0.15, 0.2) is 10.8 Å². The molecule has 2 aromatic rings. The number of halogens is 4. The van der Waals surface area contributed by atoms with Gasteiger partial charge in [-0.15, -0.1) is 0 Å². The highest BCUT2D eigenvalue weighted by Gasteiger charge is 2.32. The third-order valence-corrected chi connectivity index (χ3v) is 4.72. The number of carbonyl (C=O) groups excluding carboxylic acids is 1. The van der Waals surface area contributed by atoms with Gasteiger partial charge in [0.05, 0.1) is 16.8 Å². The van der Waals surface area contributed by atoms with Crippen LogP contribution in [0.3, 0.4) is 0 Å². The lowest BCUT2D eigenvalue weighted by atomic mass is 10.1. The highest BCUT2D eigenvalue weighted by molar-refractivity contribution is 9.10. The van der Waals surface area contributed by atoms with E-state index in [1.54, 1.807) is 6.07 Å². The molecule has 1 aliphatic rings. The van der Waals surface area contributed by atoms with Gasteiger partial charge in [-0.25, -0.2) is 0 Å². The number of phenols is 1. The van der Waals surface area contributed by atoms with Crippen LogP contribution in [0.5, 0.6) is 5.75 Å². The van der Waals surface area contributed by atoms with Crippen molar-refractivity contribution in [2.75, 3.05) is 18.0 Å². The Balaban J connectivity index is 1.95. The molecule has 0 spiro atoms. The maximum absolute atomic E-state index is 13.0. The molecular formula is C18H15BrF3N4O2+. The number of nitrogens with zero attached hydrogens (tertiary/aromatic N) is 4. The average molecular weight is 456 g/mol. The van der Waals surface area contributed by atoms with Gasteiger partial charge in [-0.3, -0.25) is 4.79 Å². The van der Waals surface area contributed by atoms with Crippen molar-refractivity contribution in [2.24, 2.45) is 10.2 Å². The number of rotatable bonds is 3. The van der Waals surface area contributed by atoms with Crippen molar-refractivity contribution in [3.8, 4) is 5.75 Å². The first-order valence-electron chi connectivity index (χ1n) is 8.36. The summed E-state index contributed by atoms with van der Waals surface area (Å²) in [5.74, 6) is -1.15. The first-order valence-corrected chi connectivity index (χ1v) is 9.16. The predicted octanol–water partition coefficient (Wildman–Crippen LogP) is 5.22.